The van der Waals surface area contributed by atoms with Crippen LogP contribution in [0.2, 0.25) is 0 Å². The number of hydrogen-bond acceptors (Lipinski definition) is 4. The highest BCUT2D eigenvalue weighted by atomic mass is 35.5. The van der Waals surface area contributed by atoms with Crippen molar-refractivity contribution in [1.82, 2.24) is 10.2 Å². The second-order valence-electron chi connectivity index (χ2n) is 4.59. The van der Waals surface area contributed by atoms with Crippen molar-refractivity contribution in [1.29, 1.82) is 0 Å². The van der Waals surface area contributed by atoms with Crippen LogP contribution in [0.25, 0.3) is 0 Å². The van der Waals surface area contributed by atoms with Gasteiger partial charge in [-0.15, -0.1) is 12.4 Å². The third-order valence-corrected chi connectivity index (χ3v) is 3.20. The van der Waals surface area contributed by atoms with Gasteiger partial charge in [0, 0.05) is 25.7 Å². The number of hydrogen-bond donors (Lipinski definition) is 1. The molecule has 1 aromatic rings. The van der Waals surface area contributed by atoms with Crippen LogP contribution in [0.5, 0.6) is 5.75 Å². The van der Waals surface area contributed by atoms with Crippen LogP contribution < -0.4 is 10.1 Å². The maximum atomic E-state index is 12.2. The van der Waals surface area contributed by atoms with E-state index in [1.54, 1.807) is 19.1 Å². The van der Waals surface area contributed by atoms with E-state index in [0.29, 0.717) is 19.8 Å². The van der Waals surface area contributed by atoms with E-state index in [-0.39, 0.29) is 24.4 Å². The second-order valence-corrected chi connectivity index (χ2v) is 4.59. The summed E-state index contributed by atoms with van der Waals surface area (Å²) in [6, 6.07) is 7.48. The lowest BCUT2D eigenvalue weighted by molar-refractivity contribution is -0.135. The van der Waals surface area contributed by atoms with Crippen LogP contribution in [0.4, 0.5) is 0 Å². The summed E-state index contributed by atoms with van der Waals surface area (Å²) < 4.78 is 10.6. The maximum absolute atomic E-state index is 12.2. The first kappa shape index (κ1) is 16.8. The van der Waals surface area contributed by atoms with Gasteiger partial charge < -0.3 is 19.7 Å². The summed E-state index contributed by atoms with van der Waals surface area (Å²) in [5, 5.41) is 3.17. The number of methoxy groups -OCH3 is 1. The SMILES string of the molecule is COc1ccccc1CN(C)C(=O)C1COCCN1.Cl. The van der Waals surface area contributed by atoms with E-state index in [0.717, 1.165) is 17.9 Å². The largest absolute Gasteiger partial charge is 0.496 e. The molecule has 0 radical (unpaired) electrons. The third kappa shape index (κ3) is 4.10. The monoisotopic (exact) mass is 300 g/mol. The molecule has 20 heavy (non-hydrogen) atoms. The van der Waals surface area contributed by atoms with E-state index in [1.165, 1.54) is 0 Å². The summed E-state index contributed by atoms with van der Waals surface area (Å²) in [6.07, 6.45) is 0. The predicted octanol–water partition coefficient (Wildman–Crippen LogP) is 1.06. The van der Waals surface area contributed by atoms with E-state index in [9.17, 15) is 4.79 Å². The molecule has 1 heterocycles. The number of morpholine rings is 1. The van der Waals surface area contributed by atoms with Crippen molar-refractivity contribution in [3.63, 3.8) is 0 Å². The first-order valence-electron chi connectivity index (χ1n) is 6.40. The first-order valence-corrected chi connectivity index (χ1v) is 6.40. The Bertz CT molecular complexity index is 436. The molecule has 1 N–H and O–H groups in total. The van der Waals surface area contributed by atoms with Gasteiger partial charge in [0.1, 0.15) is 11.8 Å². The average Bonchev–Trinajstić information content (AvgIpc) is 2.48. The van der Waals surface area contributed by atoms with Gasteiger partial charge >= 0.3 is 0 Å². The number of para-hydroxylation sites is 1. The smallest absolute Gasteiger partial charge is 0.242 e. The summed E-state index contributed by atoms with van der Waals surface area (Å²) >= 11 is 0. The number of likely N-dealkylation sites (N-methyl/N-ethyl adjacent to an activating group) is 1. The Hall–Kier alpha value is -1.30. The molecule has 0 aliphatic carbocycles. The average molecular weight is 301 g/mol. The second kappa shape index (κ2) is 8.09. The highest BCUT2D eigenvalue weighted by molar-refractivity contribution is 5.85. The van der Waals surface area contributed by atoms with E-state index in [2.05, 4.69) is 5.32 Å². The molecule has 2 rings (SSSR count). The highest BCUT2D eigenvalue weighted by Gasteiger charge is 2.24. The minimum absolute atomic E-state index is 0. The molecule has 0 bridgehead atoms. The summed E-state index contributed by atoms with van der Waals surface area (Å²) in [5.41, 5.74) is 0.998. The number of carbonyl (C=O) groups excluding carboxylic acids is 1. The number of carbonyl (C=O) groups is 1. The molecule has 112 valence electrons. The van der Waals surface area contributed by atoms with E-state index in [4.69, 9.17) is 9.47 Å². The zero-order chi connectivity index (χ0) is 13.7. The van der Waals surface area contributed by atoms with Crippen molar-refractivity contribution < 1.29 is 14.3 Å². The van der Waals surface area contributed by atoms with Gasteiger partial charge in [0.25, 0.3) is 0 Å². The Balaban J connectivity index is 0.00000200. The Labute approximate surface area is 125 Å². The van der Waals surface area contributed by atoms with E-state index in [1.807, 2.05) is 24.3 Å². The molecule has 0 aromatic heterocycles. The molecule has 0 spiro atoms. The zero-order valence-corrected chi connectivity index (χ0v) is 12.6. The minimum atomic E-state index is -0.242. The maximum Gasteiger partial charge on any atom is 0.242 e. The Morgan fingerprint density at radius 1 is 1.50 bits per heavy atom. The van der Waals surface area contributed by atoms with Crippen molar-refractivity contribution in [2.24, 2.45) is 0 Å². The number of ether oxygens (including phenoxy) is 2. The highest BCUT2D eigenvalue weighted by Crippen LogP contribution is 2.19. The van der Waals surface area contributed by atoms with Gasteiger partial charge in [-0.2, -0.15) is 0 Å². The summed E-state index contributed by atoms with van der Waals surface area (Å²) in [6.45, 7) is 2.36. The quantitative estimate of drug-likeness (QED) is 0.903. The number of amides is 1. The molecular weight excluding hydrogens is 280 g/mol. The van der Waals surface area contributed by atoms with Crippen molar-refractivity contribution in [3.8, 4) is 5.75 Å². The molecule has 1 unspecified atom stereocenters. The van der Waals surface area contributed by atoms with E-state index < -0.39 is 0 Å². The van der Waals surface area contributed by atoms with Crippen LogP contribution in [0, 0.1) is 0 Å². The van der Waals surface area contributed by atoms with Crippen LogP contribution in [-0.4, -0.2) is 50.8 Å². The van der Waals surface area contributed by atoms with Crippen LogP contribution in [0.15, 0.2) is 24.3 Å². The molecule has 1 amide bonds. The topological polar surface area (TPSA) is 50.8 Å². The summed E-state index contributed by atoms with van der Waals surface area (Å²) in [5.74, 6) is 0.848. The van der Waals surface area contributed by atoms with Crippen molar-refractivity contribution in [2.45, 2.75) is 12.6 Å². The molecule has 6 heteroatoms. The minimum Gasteiger partial charge on any atom is -0.496 e. The molecular formula is C14H21ClN2O3. The number of nitrogens with zero attached hydrogens (tertiary/aromatic N) is 1. The zero-order valence-electron chi connectivity index (χ0n) is 11.8. The lowest BCUT2D eigenvalue weighted by Crippen LogP contribution is -2.51. The van der Waals surface area contributed by atoms with Gasteiger partial charge in [0.05, 0.1) is 20.3 Å². The fourth-order valence-corrected chi connectivity index (χ4v) is 2.16. The Morgan fingerprint density at radius 2 is 2.25 bits per heavy atom. The van der Waals surface area contributed by atoms with Gasteiger partial charge in [-0.25, -0.2) is 0 Å². The molecule has 1 aliphatic rings. The van der Waals surface area contributed by atoms with Crippen LogP contribution in [-0.2, 0) is 16.1 Å². The summed E-state index contributed by atoms with van der Waals surface area (Å²) in [7, 11) is 3.43. The van der Waals surface area contributed by atoms with Crippen LogP contribution >= 0.6 is 12.4 Å². The lowest BCUT2D eigenvalue weighted by atomic mass is 10.1. The number of rotatable bonds is 4. The molecule has 1 fully saturated rings. The van der Waals surface area contributed by atoms with Crippen molar-refractivity contribution in [2.75, 3.05) is 33.9 Å². The van der Waals surface area contributed by atoms with Gasteiger partial charge in [-0.05, 0) is 6.07 Å². The molecule has 1 saturated heterocycles. The fraction of sp³-hybridized carbons (Fsp3) is 0.500. The standard InChI is InChI=1S/C14H20N2O3.ClH/c1-16(14(17)12-10-19-8-7-15-12)9-11-5-3-4-6-13(11)18-2;/h3-6,12,15H,7-10H2,1-2H3;1H. The normalized spacial score (nSPS) is 18.0. The Kier molecular flexibility index (Phi) is 6.78. The van der Waals surface area contributed by atoms with Crippen molar-refractivity contribution >= 4 is 18.3 Å². The predicted molar refractivity (Wildman–Crippen MR) is 79.3 cm³/mol. The van der Waals surface area contributed by atoms with Gasteiger partial charge in [-0.1, -0.05) is 18.2 Å². The number of halogens is 1. The third-order valence-electron chi connectivity index (χ3n) is 3.20. The number of benzene rings is 1. The summed E-state index contributed by atoms with van der Waals surface area (Å²) in [4.78, 5) is 13.9. The van der Waals surface area contributed by atoms with E-state index >= 15 is 0 Å². The fourth-order valence-electron chi connectivity index (χ4n) is 2.16. The molecule has 5 nitrogen and oxygen atoms in total. The van der Waals surface area contributed by atoms with Crippen LogP contribution in [0.1, 0.15) is 5.56 Å². The Morgan fingerprint density at radius 3 is 2.90 bits per heavy atom. The van der Waals surface area contributed by atoms with Crippen molar-refractivity contribution in [3.05, 3.63) is 29.8 Å². The molecule has 0 saturated carbocycles. The van der Waals surface area contributed by atoms with Crippen LogP contribution in [0.3, 0.4) is 0 Å². The number of nitrogens with one attached hydrogen (secondary N) is 1. The first-order chi connectivity index (χ1) is 9.22. The van der Waals surface area contributed by atoms with Gasteiger partial charge in [0.2, 0.25) is 5.91 Å². The molecule has 1 atom stereocenters. The molecule has 1 aliphatic heterocycles. The molecule has 1 aromatic carbocycles. The lowest BCUT2D eigenvalue weighted by Gasteiger charge is -2.27. The van der Waals surface area contributed by atoms with Gasteiger partial charge in [-0.3, -0.25) is 4.79 Å². The van der Waals surface area contributed by atoms with Gasteiger partial charge in [0.15, 0.2) is 0 Å².